The van der Waals surface area contributed by atoms with Crippen LogP contribution in [0.5, 0.6) is 0 Å². The first-order chi connectivity index (χ1) is 9.61. The zero-order valence-electron chi connectivity index (χ0n) is 12.8. The maximum absolute atomic E-state index is 5.75. The van der Waals surface area contributed by atoms with Crippen LogP contribution in [-0.2, 0) is 11.3 Å². The number of guanidine groups is 1. The van der Waals surface area contributed by atoms with E-state index in [1.165, 1.54) is 0 Å². The Bertz CT molecular complexity index is 457. The van der Waals surface area contributed by atoms with Crippen molar-refractivity contribution in [3.05, 3.63) is 11.7 Å². The molecule has 0 spiro atoms. The van der Waals surface area contributed by atoms with Crippen LogP contribution in [-0.4, -0.2) is 41.4 Å². The maximum atomic E-state index is 5.75. The van der Waals surface area contributed by atoms with E-state index in [1.807, 2.05) is 6.92 Å². The van der Waals surface area contributed by atoms with Crippen LogP contribution in [0, 0.1) is 6.92 Å². The Balaban J connectivity index is 0.00000220. The number of hydrogen-bond donors (Lipinski definition) is 2. The molecule has 1 aromatic heterocycles. The molecular formula is C13H24IN5O2. The first kappa shape index (κ1) is 18.1. The predicted molar refractivity (Wildman–Crippen MR) is 90.9 cm³/mol. The van der Waals surface area contributed by atoms with Crippen molar-refractivity contribution >= 4 is 29.9 Å². The zero-order chi connectivity index (χ0) is 14.4. The highest BCUT2D eigenvalue weighted by Crippen LogP contribution is 2.23. The fraction of sp³-hybridized carbons (Fsp3) is 0.769. The molecule has 1 unspecified atom stereocenters. The third-order valence-electron chi connectivity index (χ3n) is 3.22. The Hall–Kier alpha value is -0.900. The van der Waals surface area contributed by atoms with Gasteiger partial charge in [0, 0.05) is 26.6 Å². The van der Waals surface area contributed by atoms with Crippen LogP contribution < -0.4 is 10.6 Å². The molecule has 1 atom stereocenters. The Labute approximate surface area is 142 Å². The second-order valence-corrected chi connectivity index (χ2v) is 5.18. The zero-order valence-corrected chi connectivity index (χ0v) is 15.1. The van der Waals surface area contributed by atoms with Gasteiger partial charge in [-0.25, -0.2) is 4.99 Å². The van der Waals surface area contributed by atoms with Crippen molar-refractivity contribution in [2.24, 2.45) is 4.99 Å². The number of rotatable bonds is 5. The molecule has 1 fully saturated rings. The molecule has 120 valence electrons. The molecule has 2 N–H and O–H groups in total. The summed E-state index contributed by atoms with van der Waals surface area (Å²) in [5, 5.41) is 10.3. The van der Waals surface area contributed by atoms with Gasteiger partial charge in [0.1, 0.15) is 6.54 Å². The summed E-state index contributed by atoms with van der Waals surface area (Å²) in [5.74, 6) is 1.88. The minimum absolute atomic E-state index is 0. The third kappa shape index (κ3) is 5.77. The summed E-state index contributed by atoms with van der Waals surface area (Å²) in [4.78, 5) is 8.57. The van der Waals surface area contributed by atoms with Gasteiger partial charge in [0.25, 0.3) is 0 Å². The Morgan fingerprint density at radius 1 is 1.43 bits per heavy atom. The molecule has 1 aliphatic heterocycles. The number of aryl methyl sites for hydroxylation is 1. The van der Waals surface area contributed by atoms with Crippen molar-refractivity contribution in [1.29, 1.82) is 0 Å². The van der Waals surface area contributed by atoms with Gasteiger partial charge in [-0.3, -0.25) is 0 Å². The number of halogens is 1. The largest absolute Gasteiger partial charge is 0.373 e. The number of hydrogen-bond acceptors (Lipinski definition) is 5. The van der Waals surface area contributed by atoms with E-state index < -0.39 is 0 Å². The summed E-state index contributed by atoms with van der Waals surface area (Å²) in [6.45, 7) is 8.70. The molecule has 0 aliphatic carbocycles. The molecule has 1 aliphatic rings. The van der Waals surface area contributed by atoms with Gasteiger partial charge in [-0.2, -0.15) is 4.98 Å². The predicted octanol–water partition coefficient (Wildman–Crippen LogP) is 1.62. The first-order valence-electron chi connectivity index (χ1n) is 7.07. The molecular weight excluding hydrogens is 385 g/mol. The fourth-order valence-electron chi connectivity index (χ4n) is 2.14. The topological polar surface area (TPSA) is 84.6 Å². The highest BCUT2D eigenvalue weighted by molar-refractivity contribution is 14.0. The first-order valence-corrected chi connectivity index (χ1v) is 7.07. The van der Waals surface area contributed by atoms with Crippen LogP contribution in [0.25, 0.3) is 0 Å². The molecule has 0 radical (unpaired) electrons. The van der Waals surface area contributed by atoms with Gasteiger partial charge in [0.05, 0.1) is 5.60 Å². The van der Waals surface area contributed by atoms with Crippen LogP contribution in [0.2, 0.25) is 0 Å². The second-order valence-electron chi connectivity index (χ2n) is 5.18. The number of aliphatic imine (C=N–C) groups is 1. The van der Waals surface area contributed by atoms with E-state index in [1.54, 1.807) is 6.92 Å². The lowest BCUT2D eigenvalue weighted by Gasteiger charge is -2.24. The number of ether oxygens (including phenoxy) is 1. The highest BCUT2D eigenvalue weighted by Gasteiger charge is 2.29. The highest BCUT2D eigenvalue weighted by atomic mass is 127. The molecule has 2 rings (SSSR count). The molecule has 7 nitrogen and oxygen atoms in total. The lowest BCUT2D eigenvalue weighted by Crippen LogP contribution is -2.45. The molecule has 0 bridgehead atoms. The molecule has 0 aromatic carbocycles. The molecule has 1 aromatic rings. The van der Waals surface area contributed by atoms with E-state index in [9.17, 15) is 0 Å². The van der Waals surface area contributed by atoms with E-state index >= 15 is 0 Å². The van der Waals surface area contributed by atoms with E-state index in [0.717, 1.165) is 38.5 Å². The molecule has 0 amide bonds. The average Bonchev–Trinajstić information content (AvgIpc) is 3.03. The number of aromatic nitrogens is 2. The van der Waals surface area contributed by atoms with Crippen LogP contribution in [0.3, 0.4) is 0 Å². The smallest absolute Gasteiger partial charge is 0.223 e. The van der Waals surface area contributed by atoms with E-state index in [2.05, 4.69) is 32.7 Å². The minimum atomic E-state index is -0.0983. The molecule has 21 heavy (non-hydrogen) atoms. The second kappa shape index (κ2) is 8.52. The monoisotopic (exact) mass is 409 g/mol. The van der Waals surface area contributed by atoms with Gasteiger partial charge >= 0.3 is 0 Å². The van der Waals surface area contributed by atoms with Crippen molar-refractivity contribution in [3.8, 4) is 0 Å². The Morgan fingerprint density at radius 3 is 2.81 bits per heavy atom. The van der Waals surface area contributed by atoms with Crippen LogP contribution >= 0.6 is 24.0 Å². The lowest BCUT2D eigenvalue weighted by atomic mass is 10.0. The van der Waals surface area contributed by atoms with Crippen LogP contribution in [0.15, 0.2) is 9.52 Å². The van der Waals surface area contributed by atoms with Gasteiger partial charge in [-0.1, -0.05) is 5.16 Å². The Morgan fingerprint density at radius 2 is 2.24 bits per heavy atom. The quantitative estimate of drug-likeness (QED) is 0.437. The van der Waals surface area contributed by atoms with E-state index in [-0.39, 0.29) is 29.6 Å². The summed E-state index contributed by atoms with van der Waals surface area (Å²) in [6.07, 6.45) is 2.19. The standard InChI is InChI=1S/C13H23N5O2.HI/c1-4-14-12(15-8-11-17-10(2)20-18-11)16-9-13(3)6-5-7-19-13;/h4-9H2,1-3H3,(H2,14,15,16);1H. The maximum Gasteiger partial charge on any atom is 0.223 e. The molecule has 0 saturated carbocycles. The van der Waals surface area contributed by atoms with E-state index in [0.29, 0.717) is 18.3 Å². The van der Waals surface area contributed by atoms with Crippen molar-refractivity contribution in [3.63, 3.8) is 0 Å². The number of nitrogens with zero attached hydrogens (tertiary/aromatic N) is 3. The third-order valence-corrected chi connectivity index (χ3v) is 3.22. The summed E-state index contributed by atoms with van der Waals surface area (Å²) >= 11 is 0. The lowest BCUT2D eigenvalue weighted by molar-refractivity contribution is 0.0243. The molecule has 2 heterocycles. The minimum Gasteiger partial charge on any atom is -0.373 e. The fourth-order valence-corrected chi connectivity index (χ4v) is 2.14. The molecule has 8 heteroatoms. The van der Waals surface area contributed by atoms with Gasteiger partial charge in [0.15, 0.2) is 11.8 Å². The molecule has 1 saturated heterocycles. The van der Waals surface area contributed by atoms with Crippen LogP contribution in [0.1, 0.15) is 38.4 Å². The van der Waals surface area contributed by atoms with Crippen LogP contribution in [0.4, 0.5) is 0 Å². The number of nitrogens with one attached hydrogen (secondary N) is 2. The summed E-state index contributed by atoms with van der Waals surface area (Å²) in [7, 11) is 0. The summed E-state index contributed by atoms with van der Waals surface area (Å²) in [6, 6.07) is 0. The van der Waals surface area contributed by atoms with Crippen molar-refractivity contribution in [2.75, 3.05) is 19.7 Å². The van der Waals surface area contributed by atoms with Crippen molar-refractivity contribution in [1.82, 2.24) is 20.8 Å². The van der Waals surface area contributed by atoms with Crippen molar-refractivity contribution in [2.45, 2.75) is 45.8 Å². The normalized spacial score (nSPS) is 22.0. The summed E-state index contributed by atoms with van der Waals surface area (Å²) in [5.41, 5.74) is -0.0983. The SMILES string of the molecule is CCNC(=NCc1noc(C)n1)NCC1(C)CCCO1.I. The van der Waals surface area contributed by atoms with E-state index in [4.69, 9.17) is 9.26 Å². The van der Waals surface area contributed by atoms with Gasteiger partial charge in [-0.05, 0) is 26.7 Å². The van der Waals surface area contributed by atoms with Gasteiger partial charge < -0.3 is 19.9 Å². The Kier molecular flexibility index (Phi) is 7.36. The van der Waals surface area contributed by atoms with Gasteiger partial charge in [-0.15, -0.1) is 24.0 Å². The summed E-state index contributed by atoms with van der Waals surface area (Å²) < 4.78 is 10.7. The van der Waals surface area contributed by atoms with Crippen molar-refractivity contribution < 1.29 is 9.26 Å². The van der Waals surface area contributed by atoms with Gasteiger partial charge in [0.2, 0.25) is 5.89 Å². The average molecular weight is 409 g/mol.